The minimum Gasteiger partial charge on any atom is -0.463 e. The summed E-state index contributed by atoms with van der Waals surface area (Å²) in [5, 5.41) is 4.35. The molecule has 0 radical (unpaired) electrons. The first kappa shape index (κ1) is 28.7. The maximum absolute atomic E-state index is 14.5. The average molecular weight is 609 g/mol. The Hall–Kier alpha value is -5.07. The van der Waals surface area contributed by atoms with Crippen LogP contribution in [0, 0.1) is 0 Å². The molecule has 2 heterocycles. The van der Waals surface area contributed by atoms with E-state index in [4.69, 9.17) is 9.73 Å². The number of carbonyl (C=O) groups excluding carboxylic acids is 1. The van der Waals surface area contributed by atoms with Crippen LogP contribution in [0.15, 0.2) is 125 Å². The quantitative estimate of drug-likeness (QED) is 0.147. The molecule has 0 bridgehead atoms. The van der Waals surface area contributed by atoms with Crippen molar-refractivity contribution in [2.24, 2.45) is 4.99 Å². The van der Waals surface area contributed by atoms with Crippen LogP contribution in [-0.2, 0) is 9.53 Å². The molecule has 1 aliphatic heterocycles. The summed E-state index contributed by atoms with van der Waals surface area (Å²) >= 11 is 1.35. The highest BCUT2D eigenvalue weighted by Gasteiger charge is 2.35. The lowest BCUT2D eigenvalue weighted by atomic mass is 9.91. The van der Waals surface area contributed by atoms with Gasteiger partial charge in [0.15, 0.2) is 4.80 Å². The van der Waals surface area contributed by atoms with Gasteiger partial charge in [0.05, 0.1) is 28.5 Å². The molecule has 1 aromatic heterocycles. The largest absolute Gasteiger partial charge is 0.463 e. The summed E-state index contributed by atoms with van der Waals surface area (Å²) in [7, 11) is 0. The van der Waals surface area contributed by atoms with E-state index in [-0.39, 0.29) is 12.2 Å². The molecule has 222 valence electrons. The number of carbonyl (C=O) groups is 1. The molecular weight excluding hydrogens is 577 g/mol. The number of esters is 1. The highest BCUT2D eigenvalue weighted by molar-refractivity contribution is 7.07. The van der Waals surface area contributed by atoms with Crippen molar-refractivity contribution in [2.75, 3.05) is 6.61 Å². The Morgan fingerprint density at radius 2 is 1.51 bits per heavy atom. The Labute approximate surface area is 265 Å². The number of hydrogen-bond donors (Lipinski definition) is 0. The molecule has 0 aliphatic carbocycles. The van der Waals surface area contributed by atoms with Crippen LogP contribution in [0.1, 0.15) is 55.0 Å². The standard InChI is InChI=1S/C39H32N2O3S/c1-4-44-38(43)34-35(26-12-6-5-7-13-26)40-39-41(36(34)27-20-18-25(19-21-27)24(2)3)37(42)33(45-39)23-32-30-16-10-8-14-28(30)22-29-15-9-11-17-31(29)32/h5-24,36H,4H2,1-3H3/b33-23-/t36-/m1/s1. The zero-order chi connectivity index (χ0) is 31.1. The van der Waals surface area contributed by atoms with Crippen molar-refractivity contribution in [3.8, 4) is 0 Å². The number of thiazole rings is 1. The lowest BCUT2D eigenvalue weighted by molar-refractivity contribution is -0.138. The average Bonchev–Trinajstić information content (AvgIpc) is 3.38. The smallest absolute Gasteiger partial charge is 0.338 e. The number of benzene rings is 5. The fourth-order valence-electron chi connectivity index (χ4n) is 6.15. The molecule has 5 aromatic carbocycles. The number of aromatic nitrogens is 1. The maximum atomic E-state index is 14.5. The molecule has 5 nitrogen and oxygen atoms in total. The number of nitrogens with zero attached hydrogens (tertiary/aromatic N) is 2. The molecule has 0 spiro atoms. The summed E-state index contributed by atoms with van der Waals surface area (Å²) < 4.78 is 7.85. The molecule has 0 fully saturated rings. The number of ether oxygens (including phenoxy) is 1. The predicted octanol–water partition coefficient (Wildman–Crippen LogP) is 7.37. The fourth-order valence-corrected chi connectivity index (χ4v) is 7.14. The van der Waals surface area contributed by atoms with Crippen LogP contribution in [-0.4, -0.2) is 17.1 Å². The van der Waals surface area contributed by atoms with Crippen molar-refractivity contribution in [3.05, 3.63) is 157 Å². The van der Waals surface area contributed by atoms with Crippen LogP contribution < -0.4 is 14.9 Å². The van der Waals surface area contributed by atoms with Crippen molar-refractivity contribution in [1.29, 1.82) is 0 Å². The van der Waals surface area contributed by atoms with Gasteiger partial charge in [0.2, 0.25) is 0 Å². The van der Waals surface area contributed by atoms with Gasteiger partial charge < -0.3 is 4.74 Å². The Kier molecular flexibility index (Phi) is 7.51. The molecule has 0 saturated carbocycles. The maximum Gasteiger partial charge on any atom is 0.338 e. The zero-order valence-electron chi connectivity index (χ0n) is 25.4. The normalized spacial score (nSPS) is 15.0. The molecule has 0 saturated heterocycles. The van der Waals surface area contributed by atoms with Gasteiger partial charge in [-0.25, -0.2) is 9.79 Å². The van der Waals surface area contributed by atoms with Gasteiger partial charge in [-0.05, 0) is 63.2 Å². The topological polar surface area (TPSA) is 60.7 Å². The summed E-state index contributed by atoms with van der Waals surface area (Å²) in [6, 6.07) is 35.8. The van der Waals surface area contributed by atoms with Gasteiger partial charge in [0.25, 0.3) is 5.56 Å². The van der Waals surface area contributed by atoms with Crippen LogP contribution in [0.5, 0.6) is 0 Å². The molecule has 6 heteroatoms. The monoisotopic (exact) mass is 608 g/mol. The first-order valence-electron chi connectivity index (χ1n) is 15.2. The molecule has 1 atom stereocenters. The summed E-state index contributed by atoms with van der Waals surface area (Å²) in [5.41, 5.74) is 4.47. The number of hydrogen-bond acceptors (Lipinski definition) is 5. The van der Waals surface area contributed by atoms with Crippen molar-refractivity contribution >= 4 is 50.6 Å². The third-order valence-electron chi connectivity index (χ3n) is 8.38. The summed E-state index contributed by atoms with van der Waals surface area (Å²) in [6.45, 7) is 6.29. The third kappa shape index (κ3) is 5.11. The van der Waals surface area contributed by atoms with Crippen molar-refractivity contribution in [1.82, 2.24) is 4.57 Å². The van der Waals surface area contributed by atoms with Gasteiger partial charge in [0.1, 0.15) is 0 Å². The lowest BCUT2D eigenvalue weighted by Crippen LogP contribution is -2.40. The third-order valence-corrected chi connectivity index (χ3v) is 9.36. The molecule has 45 heavy (non-hydrogen) atoms. The summed E-state index contributed by atoms with van der Waals surface area (Å²) in [4.78, 5) is 33.9. The SMILES string of the molecule is CCOC(=O)C1=C(c2ccccc2)N=c2s/c(=C\c3c4ccccc4cc4ccccc34)c(=O)n2[C@@H]1c1ccc(C(C)C)cc1. The second-order valence-electron chi connectivity index (χ2n) is 11.5. The van der Waals surface area contributed by atoms with Gasteiger partial charge in [-0.3, -0.25) is 9.36 Å². The Balaban J connectivity index is 1.54. The van der Waals surface area contributed by atoms with Gasteiger partial charge in [-0.2, -0.15) is 0 Å². The van der Waals surface area contributed by atoms with Crippen LogP contribution in [0.3, 0.4) is 0 Å². The van der Waals surface area contributed by atoms with E-state index in [1.54, 1.807) is 11.5 Å². The van der Waals surface area contributed by atoms with Crippen molar-refractivity contribution in [2.45, 2.75) is 32.7 Å². The molecule has 7 rings (SSSR count). The molecule has 0 unspecified atom stereocenters. The van der Waals surface area contributed by atoms with Crippen LogP contribution >= 0.6 is 11.3 Å². The molecule has 6 aromatic rings. The van der Waals surface area contributed by atoms with E-state index in [0.717, 1.165) is 38.2 Å². The van der Waals surface area contributed by atoms with Crippen LogP contribution in [0.25, 0.3) is 33.3 Å². The first-order chi connectivity index (χ1) is 21.9. The second kappa shape index (κ2) is 11.8. The van der Waals surface area contributed by atoms with Gasteiger partial charge in [-0.15, -0.1) is 0 Å². The second-order valence-corrected chi connectivity index (χ2v) is 12.5. The zero-order valence-corrected chi connectivity index (χ0v) is 26.2. The Morgan fingerprint density at radius 3 is 2.13 bits per heavy atom. The van der Waals surface area contributed by atoms with Crippen molar-refractivity contribution in [3.63, 3.8) is 0 Å². The van der Waals surface area contributed by atoms with E-state index in [2.05, 4.69) is 56.3 Å². The van der Waals surface area contributed by atoms with Gasteiger partial charge in [0, 0.05) is 5.56 Å². The Morgan fingerprint density at radius 1 is 0.889 bits per heavy atom. The van der Waals surface area contributed by atoms with E-state index >= 15 is 0 Å². The lowest BCUT2D eigenvalue weighted by Gasteiger charge is -2.26. The Bertz CT molecular complexity index is 2240. The van der Waals surface area contributed by atoms with E-state index in [0.29, 0.717) is 26.5 Å². The molecule has 0 N–H and O–H groups in total. The van der Waals surface area contributed by atoms with Gasteiger partial charge >= 0.3 is 5.97 Å². The molecule has 1 aliphatic rings. The molecule has 0 amide bonds. The highest BCUT2D eigenvalue weighted by atomic mass is 32.1. The van der Waals surface area contributed by atoms with Crippen LogP contribution in [0.4, 0.5) is 0 Å². The number of rotatable bonds is 6. The van der Waals surface area contributed by atoms with Crippen LogP contribution in [0.2, 0.25) is 0 Å². The summed E-state index contributed by atoms with van der Waals surface area (Å²) in [5.74, 6) is -0.135. The molecular formula is C39H32N2O3S. The minimum atomic E-state index is -0.705. The number of fused-ring (bicyclic) bond motifs is 3. The predicted molar refractivity (Wildman–Crippen MR) is 183 cm³/mol. The van der Waals surface area contributed by atoms with E-state index in [1.807, 2.05) is 72.8 Å². The summed E-state index contributed by atoms with van der Waals surface area (Å²) in [6.07, 6.45) is 1.99. The highest BCUT2D eigenvalue weighted by Crippen LogP contribution is 2.36. The minimum absolute atomic E-state index is 0.192. The van der Waals surface area contributed by atoms with Crippen molar-refractivity contribution < 1.29 is 9.53 Å². The van der Waals surface area contributed by atoms with E-state index in [1.165, 1.54) is 16.9 Å². The van der Waals surface area contributed by atoms with E-state index in [9.17, 15) is 9.59 Å². The van der Waals surface area contributed by atoms with Gasteiger partial charge in [-0.1, -0.05) is 128 Å². The van der Waals surface area contributed by atoms with E-state index < -0.39 is 12.0 Å². The fraction of sp³-hybridized carbons (Fsp3) is 0.154. The first-order valence-corrected chi connectivity index (χ1v) is 16.0.